The van der Waals surface area contributed by atoms with E-state index >= 15 is 0 Å². The van der Waals surface area contributed by atoms with Crippen LogP contribution in [0.5, 0.6) is 11.5 Å². The first kappa shape index (κ1) is 24.7. The zero-order valence-corrected chi connectivity index (χ0v) is 20.6. The minimum Gasteiger partial charge on any atom is -0.490 e. The standard InChI is InChI=1S/C26H25Cl2N3O4/c1-2-34-23-14-20(13-22(28)25(23)35-16-17-8-10-19(27)11-9-17)29-30-26(33)18-12-24(32)31(15-18)21-6-4-3-5-7-21/h3-11,13-14,18,29H,2,12,15-16H2,1H3,(H,30,33)/t18-/m1/s1. The average molecular weight is 514 g/mol. The molecule has 1 fully saturated rings. The summed E-state index contributed by atoms with van der Waals surface area (Å²) < 4.78 is 11.6. The molecule has 0 aliphatic carbocycles. The molecule has 9 heteroatoms. The van der Waals surface area contributed by atoms with E-state index < -0.39 is 5.92 Å². The van der Waals surface area contributed by atoms with Gasteiger partial charge < -0.3 is 14.4 Å². The highest BCUT2D eigenvalue weighted by Crippen LogP contribution is 2.39. The van der Waals surface area contributed by atoms with E-state index in [0.29, 0.717) is 40.4 Å². The number of nitrogens with zero attached hydrogens (tertiary/aromatic N) is 1. The third-order valence-corrected chi connectivity index (χ3v) is 6.03. The SMILES string of the molecule is CCOc1cc(NNC(=O)[C@@H]2CC(=O)N(c3ccccc3)C2)cc(Cl)c1OCc1ccc(Cl)cc1. The second-order valence-electron chi connectivity index (χ2n) is 7.99. The number of amides is 2. The Morgan fingerprint density at radius 3 is 2.51 bits per heavy atom. The summed E-state index contributed by atoms with van der Waals surface area (Å²) in [5.41, 5.74) is 7.78. The van der Waals surface area contributed by atoms with E-state index in [9.17, 15) is 9.59 Å². The van der Waals surface area contributed by atoms with E-state index in [0.717, 1.165) is 11.3 Å². The molecule has 3 aromatic rings. The van der Waals surface area contributed by atoms with Crippen LogP contribution >= 0.6 is 23.2 Å². The van der Waals surface area contributed by atoms with Crippen molar-refractivity contribution in [2.75, 3.05) is 23.5 Å². The lowest BCUT2D eigenvalue weighted by molar-refractivity contribution is -0.125. The van der Waals surface area contributed by atoms with Crippen molar-refractivity contribution < 1.29 is 19.1 Å². The normalized spacial score (nSPS) is 15.1. The summed E-state index contributed by atoms with van der Waals surface area (Å²) in [5.74, 6) is 0.00501. The Labute approximate surface area is 213 Å². The highest BCUT2D eigenvalue weighted by molar-refractivity contribution is 6.32. The molecule has 35 heavy (non-hydrogen) atoms. The van der Waals surface area contributed by atoms with Crippen LogP contribution in [0, 0.1) is 5.92 Å². The van der Waals surface area contributed by atoms with Crippen LogP contribution in [-0.2, 0) is 16.2 Å². The maximum Gasteiger partial charge on any atom is 0.243 e. The molecule has 0 aromatic heterocycles. The molecule has 7 nitrogen and oxygen atoms in total. The first-order valence-electron chi connectivity index (χ1n) is 11.2. The molecule has 1 saturated heterocycles. The number of halogens is 2. The van der Waals surface area contributed by atoms with Gasteiger partial charge in [-0.3, -0.25) is 20.4 Å². The van der Waals surface area contributed by atoms with Crippen LogP contribution in [0.2, 0.25) is 10.0 Å². The Morgan fingerprint density at radius 2 is 1.80 bits per heavy atom. The Bertz CT molecular complexity index is 1190. The lowest BCUT2D eigenvalue weighted by Gasteiger charge is -2.18. The van der Waals surface area contributed by atoms with E-state index in [-0.39, 0.29) is 24.8 Å². The number of hydrazine groups is 1. The number of carbonyl (C=O) groups excluding carboxylic acids is 2. The monoisotopic (exact) mass is 513 g/mol. The molecule has 1 atom stereocenters. The highest BCUT2D eigenvalue weighted by atomic mass is 35.5. The zero-order valence-electron chi connectivity index (χ0n) is 19.1. The summed E-state index contributed by atoms with van der Waals surface area (Å²) in [6.45, 7) is 2.87. The molecule has 1 aliphatic rings. The summed E-state index contributed by atoms with van der Waals surface area (Å²) in [6, 6.07) is 20.0. The van der Waals surface area contributed by atoms with Crippen LogP contribution in [0.25, 0.3) is 0 Å². The lowest BCUT2D eigenvalue weighted by Crippen LogP contribution is -2.36. The number of carbonyl (C=O) groups is 2. The molecular weight excluding hydrogens is 489 g/mol. The van der Waals surface area contributed by atoms with E-state index in [1.807, 2.05) is 49.4 Å². The quantitative estimate of drug-likeness (QED) is 0.371. The van der Waals surface area contributed by atoms with Gasteiger partial charge in [0.2, 0.25) is 11.8 Å². The van der Waals surface area contributed by atoms with Gasteiger partial charge in [-0.1, -0.05) is 53.5 Å². The van der Waals surface area contributed by atoms with Crippen molar-refractivity contribution in [1.29, 1.82) is 0 Å². The van der Waals surface area contributed by atoms with Gasteiger partial charge in [-0.05, 0) is 42.8 Å². The molecule has 2 N–H and O–H groups in total. The van der Waals surface area contributed by atoms with Crippen LogP contribution in [0.1, 0.15) is 18.9 Å². The van der Waals surface area contributed by atoms with Gasteiger partial charge in [0.15, 0.2) is 11.5 Å². The molecular formula is C26H25Cl2N3O4. The number of para-hydroxylation sites is 1. The fraction of sp³-hybridized carbons (Fsp3) is 0.231. The van der Waals surface area contributed by atoms with E-state index in [1.54, 1.807) is 29.2 Å². The van der Waals surface area contributed by atoms with Gasteiger partial charge in [-0.15, -0.1) is 0 Å². The van der Waals surface area contributed by atoms with Crippen LogP contribution in [-0.4, -0.2) is 25.0 Å². The van der Waals surface area contributed by atoms with E-state index in [1.165, 1.54) is 0 Å². The average Bonchev–Trinajstić information content (AvgIpc) is 3.25. The molecule has 0 spiro atoms. The maximum atomic E-state index is 12.7. The number of ether oxygens (including phenoxy) is 2. The van der Waals surface area contributed by atoms with Crippen molar-refractivity contribution in [1.82, 2.24) is 5.43 Å². The van der Waals surface area contributed by atoms with Crippen molar-refractivity contribution >= 4 is 46.4 Å². The van der Waals surface area contributed by atoms with Crippen LogP contribution in [0.4, 0.5) is 11.4 Å². The summed E-state index contributed by atoms with van der Waals surface area (Å²) in [6.07, 6.45) is 0.144. The van der Waals surface area contributed by atoms with Gasteiger partial charge >= 0.3 is 0 Å². The molecule has 3 aromatic carbocycles. The topological polar surface area (TPSA) is 79.9 Å². The molecule has 1 aliphatic heterocycles. The minimum atomic E-state index is -0.473. The predicted octanol–water partition coefficient (Wildman–Crippen LogP) is 5.47. The second-order valence-corrected chi connectivity index (χ2v) is 8.83. The minimum absolute atomic E-state index is 0.0831. The van der Waals surface area contributed by atoms with Gasteiger partial charge in [-0.2, -0.15) is 0 Å². The largest absolute Gasteiger partial charge is 0.490 e. The van der Waals surface area contributed by atoms with E-state index in [2.05, 4.69) is 10.9 Å². The van der Waals surface area contributed by atoms with E-state index in [4.69, 9.17) is 32.7 Å². The second kappa shape index (κ2) is 11.3. The number of nitrogens with one attached hydrogen (secondary N) is 2. The van der Waals surface area contributed by atoms with Gasteiger partial charge in [0, 0.05) is 29.7 Å². The number of benzene rings is 3. The molecule has 0 saturated carbocycles. The number of hydrogen-bond acceptors (Lipinski definition) is 5. The number of anilines is 2. The summed E-state index contributed by atoms with van der Waals surface area (Å²) in [4.78, 5) is 26.8. The van der Waals surface area contributed by atoms with Gasteiger partial charge in [0.05, 0.1) is 23.2 Å². The molecule has 182 valence electrons. The van der Waals surface area contributed by atoms with Crippen LogP contribution in [0.3, 0.4) is 0 Å². The Balaban J connectivity index is 1.39. The summed E-state index contributed by atoms with van der Waals surface area (Å²) in [7, 11) is 0. The fourth-order valence-corrected chi connectivity index (χ4v) is 4.15. The molecule has 0 unspecified atom stereocenters. The number of rotatable bonds is 9. The molecule has 1 heterocycles. The first-order chi connectivity index (χ1) is 16.9. The first-order valence-corrected chi connectivity index (χ1v) is 11.9. The maximum absolute atomic E-state index is 12.7. The summed E-state index contributed by atoms with van der Waals surface area (Å²) >= 11 is 12.4. The zero-order chi connectivity index (χ0) is 24.8. The van der Waals surface area contributed by atoms with Gasteiger partial charge in [-0.25, -0.2) is 0 Å². The smallest absolute Gasteiger partial charge is 0.243 e. The fourth-order valence-electron chi connectivity index (χ4n) is 3.76. The number of hydrogen-bond donors (Lipinski definition) is 2. The van der Waals surface area contributed by atoms with Crippen LogP contribution in [0.15, 0.2) is 66.7 Å². The Hall–Kier alpha value is -3.42. The third-order valence-electron chi connectivity index (χ3n) is 5.50. The Morgan fingerprint density at radius 1 is 1.06 bits per heavy atom. The van der Waals surface area contributed by atoms with Gasteiger partial charge in [0.1, 0.15) is 6.61 Å². The van der Waals surface area contributed by atoms with Crippen molar-refractivity contribution in [3.8, 4) is 11.5 Å². The van der Waals surface area contributed by atoms with Gasteiger partial charge in [0.25, 0.3) is 0 Å². The molecule has 2 amide bonds. The van der Waals surface area contributed by atoms with Crippen molar-refractivity contribution in [2.24, 2.45) is 5.92 Å². The molecule has 4 rings (SSSR count). The van der Waals surface area contributed by atoms with Crippen molar-refractivity contribution in [3.05, 3.63) is 82.3 Å². The lowest BCUT2D eigenvalue weighted by atomic mass is 10.1. The van der Waals surface area contributed by atoms with Crippen LogP contribution < -0.4 is 25.2 Å². The molecule has 0 radical (unpaired) electrons. The van der Waals surface area contributed by atoms with Crippen molar-refractivity contribution in [2.45, 2.75) is 20.0 Å². The predicted molar refractivity (Wildman–Crippen MR) is 137 cm³/mol. The highest BCUT2D eigenvalue weighted by Gasteiger charge is 2.35. The summed E-state index contributed by atoms with van der Waals surface area (Å²) in [5, 5.41) is 0.974. The third kappa shape index (κ3) is 6.18. The van der Waals surface area contributed by atoms with Crippen molar-refractivity contribution in [3.63, 3.8) is 0 Å². The Kier molecular flexibility index (Phi) is 8.00. The molecule has 0 bridgehead atoms.